The zero-order valence-corrected chi connectivity index (χ0v) is 14.9. The molecule has 7 heteroatoms. The molecular formula is C18H27N5O2. The SMILES string of the molecule is CN1CC(=O)N=C1NCCCOc1cc(CN2CCCCC2)ccn1. The van der Waals surface area contributed by atoms with Gasteiger partial charge in [0.05, 0.1) is 6.61 Å². The average Bonchev–Trinajstić information content (AvgIpc) is 2.93. The van der Waals surface area contributed by atoms with E-state index in [1.807, 2.05) is 24.2 Å². The Kier molecular flexibility index (Phi) is 6.22. The van der Waals surface area contributed by atoms with E-state index >= 15 is 0 Å². The fraction of sp³-hybridized carbons (Fsp3) is 0.611. The van der Waals surface area contributed by atoms with Gasteiger partial charge in [0.1, 0.15) is 6.54 Å². The van der Waals surface area contributed by atoms with Gasteiger partial charge in [0.15, 0.2) is 0 Å². The summed E-state index contributed by atoms with van der Waals surface area (Å²) < 4.78 is 5.76. The molecule has 2 aliphatic heterocycles. The lowest BCUT2D eigenvalue weighted by Gasteiger charge is -2.26. The van der Waals surface area contributed by atoms with Crippen LogP contribution in [0.25, 0.3) is 0 Å². The Morgan fingerprint density at radius 1 is 1.28 bits per heavy atom. The Labute approximate surface area is 149 Å². The van der Waals surface area contributed by atoms with Crippen LogP contribution in [0, 0.1) is 0 Å². The normalized spacial score (nSPS) is 18.4. The Morgan fingerprint density at radius 2 is 2.12 bits per heavy atom. The number of nitrogens with zero attached hydrogens (tertiary/aromatic N) is 4. The van der Waals surface area contributed by atoms with Crippen LogP contribution in [-0.4, -0.2) is 66.5 Å². The zero-order chi connectivity index (χ0) is 17.5. The molecule has 0 atom stereocenters. The molecule has 25 heavy (non-hydrogen) atoms. The fourth-order valence-corrected chi connectivity index (χ4v) is 3.14. The van der Waals surface area contributed by atoms with E-state index in [2.05, 4.69) is 26.3 Å². The van der Waals surface area contributed by atoms with Crippen LogP contribution in [0.3, 0.4) is 0 Å². The van der Waals surface area contributed by atoms with Crippen molar-refractivity contribution in [1.29, 1.82) is 0 Å². The summed E-state index contributed by atoms with van der Waals surface area (Å²) in [5.74, 6) is 1.22. The number of nitrogens with one attached hydrogen (secondary N) is 1. The first-order chi connectivity index (χ1) is 12.2. The fourth-order valence-electron chi connectivity index (χ4n) is 3.14. The summed E-state index contributed by atoms with van der Waals surface area (Å²) in [6.45, 7) is 4.99. The molecule has 1 amide bonds. The monoisotopic (exact) mass is 345 g/mol. The number of ether oxygens (including phenoxy) is 1. The molecule has 3 heterocycles. The minimum atomic E-state index is -0.101. The zero-order valence-electron chi connectivity index (χ0n) is 14.9. The predicted molar refractivity (Wildman–Crippen MR) is 96.6 cm³/mol. The van der Waals surface area contributed by atoms with Gasteiger partial charge in [-0.3, -0.25) is 9.69 Å². The van der Waals surface area contributed by atoms with Crippen molar-refractivity contribution in [2.75, 3.05) is 39.8 Å². The van der Waals surface area contributed by atoms with Crippen LogP contribution in [0.2, 0.25) is 0 Å². The van der Waals surface area contributed by atoms with Crippen molar-refractivity contribution in [2.24, 2.45) is 4.99 Å². The van der Waals surface area contributed by atoms with Crippen LogP contribution in [0.15, 0.2) is 23.3 Å². The van der Waals surface area contributed by atoms with Crippen molar-refractivity contribution < 1.29 is 9.53 Å². The number of hydrogen-bond donors (Lipinski definition) is 1. The standard InChI is InChI=1S/C18H27N5O2/c1-22-14-16(24)21-18(22)20-7-5-11-25-17-12-15(6-8-19-17)13-23-9-3-2-4-10-23/h6,8,12H,2-5,7,9-11,13-14H2,1H3,(H,20,21,24). The first kappa shape index (κ1) is 17.7. The van der Waals surface area contributed by atoms with Crippen LogP contribution in [0.1, 0.15) is 31.2 Å². The molecule has 0 saturated carbocycles. The van der Waals surface area contributed by atoms with Crippen molar-refractivity contribution in [3.8, 4) is 5.88 Å². The van der Waals surface area contributed by atoms with Crippen molar-refractivity contribution in [1.82, 2.24) is 20.1 Å². The van der Waals surface area contributed by atoms with Crippen LogP contribution in [0.4, 0.5) is 0 Å². The molecule has 2 aliphatic rings. The van der Waals surface area contributed by atoms with E-state index < -0.39 is 0 Å². The number of rotatable bonds is 7. The second-order valence-electron chi connectivity index (χ2n) is 6.65. The molecule has 1 aromatic rings. The number of likely N-dealkylation sites (N-methyl/N-ethyl adjacent to an activating group) is 1. The molecule has 0 radical (unpaired) electrons. The first-order valence-corrected chi connectivity index (χ1v) is 9.07. The van der Waals surface area contributed by atoms with Gasteiger partial charge in [-0.1, -0.05) is 6.42 Å². The number of amides is 1. The number of carbonyl (C=O) groups is 1. The molecule has 0 aliphatic carbocycles. The molecule has 1 N–H and O–H groups in total. The summed E-state index contributed by atoms with van der Waals surface area (Å²) in [5.41, 5.74) is 1.26. The van der Waals surface area contributed by atoms with Crippen LogP contribution >= 0.6 is 0 Å². The highest BCUT2D eigenvalue weighted by molar-refractivity contribution is 6.00. The maximum Gasteiger partial charge on any atom is 0.268 e. The van der Waals surface area contributed by atoms with Crippen LogP contribution < -0.4 is 10.1 Å². The molecule has 1 aromatic heterocycles. The van der Waals surface area contributed by atoms with Gasteiger partial charge < -0.3 is 15.0 Å². The van der Waals surface area contributed by atoms with E-state index in [1.54, 1.807) is 0 Å². The molecule has 0 bridgehead atoms. The Bertz CT molecular complexity index is 613. The number of guanidine groups is 1. The molecule has 1 saturated heterocycles. The largest absolute Gasteiger partial charge is 0.478 e. The Hall–Kier alpha value is -2.15. The molecule has 7 nitrogen and oxygen atoms in total. The number of hydrogen-bond acceptors (Lipinski definition) is 6. The maximum atomic E-state index is 11.2. The number of pyridine rings is 1. The number of aliphatic imine (C=N–C) groups is 1. The quantitative estimate of drug-likeness (QED) is 0.750. The highest BCUT2D eigenvalue weighted by Gasteiger charge is 2.18. The second kappa shape index (κ2) is 8.80. The summed E-state index contributed by atoms with van der Waals surface area (Å²) in [5, 5.41) is 3.16. The highest BCUT2D eigenvalue weighted by atomic mass is 16.5. The summed E-state index contributed by atoms with van der Waals surface area (Å²) in [6.07, 6.45) is 6.59. The summed E-state index contributed by atoms with van der Waals surface area (Å²) in [7, 11) is 1.85. The molecule has 136 valence electrons. The van der Waals surface area contributed by atoms with Gasteiger partial charge in [0.2, 0.25) is 11.8 Å². The number of piperidine rings is 1. The Morgan fingerprint density at radius 3 is 2.88 bits per heavy atom. The lowest BCUT2D eigenvalue weighted by atomic mass is 10.1. The molecule has 3 rings (SSSR count). The second-order valence-corrected chi connectivity index (χ2v) is 6.65. The van der Waals surface area contributed by atoms with Gasteiger partial charge in [0, 0.05) is 32.4 Å². The van der Waals surface area contributed by atoms with Crippen molar-refractivity contribution in [3.05, 3.63) is 23.9 Å². The molecule has 1 fully saturated rings. The Balaban J connectivity index is 1.37. The van der Waals surface area contributed by atoms with E-state index in [-0.39, 0.29) is 5.91 Å². The lowest BCUT2D eigenvalue weighted by molar-refractivity contribution is -0.116. The van der Waals surface area contributed by atoms with Gasteiger partial charge in [-0.05, 0) is 44.0 Å². The third-order valence-corrected chi connectivity index (χ3v) is 4.47. The summed E-state index contributed by atoms with van der Waals surface area (Å²) >= 11 is 0. The van der Waals surface area contributed by atoms with Crippen molar-refractivity contribution in [3.63, 3.8) is 0 Å². The predicted octanol–water partition coefficient (Wildman–Crippen LogP) is 1.25. The van der Waals surface area contributed by atoms with Crippen molar-refractivity contribution >= 4 is 11.9 Å². The van der Waals surface area contributed by atoms with Crippen molar-refractivity contribution in [2.45, 2.75) is 32.2 Å². The molecule has 0 spiro atoms. The molecule has 0 unspecified atom stereocenters. The number of aromatic nitrogens is 1. The topological polar surface area (TPSA) is 70.1 Å². The minimum absolute atomic E-state index is 0.101. The number of likely N-dealkylation sites (tertiary alicyclic amines) is 1. The smallest absolute Gasteiger partial charge is 0.268 e. The molecule has 0 aromatic carbocycles. The van der Waals surface area contributed by atoms with E-state index in [4.69, 9.17) is 4.74 Å². The van der Waals surface area contributed by atoms with Gasteiger partial charge in [0.25, 0.3) is 5.91 Å². The number of carbonyl (C=O) groups excluding carboxylic acids is 1. The van der Waals surface area contributed by atoms with E-state index in [0.29, 0.717) is 31.5 Å². The van der Waals surface area contributed by atoms with Gasteiger partial charge in [-0.15, -0.1) is 0 Å². The third-order valence-electron chi connectivity index (χ3n) is 4.47. The average molecular weight is 345 g/mol. The van der Waals surface area contributed by atoms with Gasteiger partial charge in [-0.2, -0.15) is 4.99 Å². The first-order valence-electron chi connectivity index (χ1n) is 9.07. The van der Waals surface area contributed by atoms with Crippen LogP contribution in [-0.2, 0) is 11.3 Å². The van der Waals surface area contributed by atoms with Gasteiger partial charge >= 0.3 is 0 Å². The minimum Gasteiger partial charge on any atom is -0.478 e. The van der Waals surface area contributed by atoms with E-state index in [0.717, 1.165) is 13.0 Å². The van der Waals surface area contributed by atoms with Gasteiger partial charge in [-0.25, -0.2) is 4.98 Å². The lowest BCUT2D eigenvalue weighted by Crippen LogP contribution is -2.36. The summed E-state index contributed by atoms with van der Waals surface area (Å²) in [4.78, 5) is 23.7. The van der Waals surface area contributed by atoms with Crippen LogP contribution in [0.5, 0.6) is 5.88 Å². The van der Waals surface area contributed by atoms with E-state index in [1.165, 1.54) is 37.9 Å². The highest BCUT2D eigenvalue weighted by Crippen LogP contribution is 2.15. The maximum absolute atomic E-state index is 11.2. The third kappa shape index (κ3) is 5.42. The summed E-state index contributed by atoms with van der Waals surface area (Å²) in [6, 6.07) is 4.10. The van der Waals surface area contributed by atoms with E-state index in [9.17, 15) is 4.79 Å². The molecular weight excluding hydrogens is 318 g/mol.